The smallest absolute Gasteiger partial charge is 0.374 e. The molecule has 0 spiro atoms. The molecule has 5 heteroatoms. The van der Waals surface area contributed by atoms with Crippen molar-refractivity contribution in [3.05, 3.63) is 35.9 Å². The van der Waals surface area contributed by atoms with Crippen molar-refractivity contribution in [2.24, 2.45) is 5.92 Å². The molecule has 3 atom stereocenters. The molecule has 0 radical (unpaired) electrons. The number of fused-ring (bicyclic) bond motifs is 1. The van der Waals surface area contributed by atoms with Crippen LogP contribution in [0.3, 0.4) is 0 Å². The number of nitrogens with one attached hydrogen (secondary N) is 1. The van der Waals surface area contributed by atoms with Crippen LogP contribution in [0.1, 0.15) is 24.9 Å². The van der Waals surface area contributed by atoms with Gasteiger partial charge in [0.15, 0.2) is 0 Å². The van der Waals surface area contributed by atoms with Crippen LogP contribution >= 0.6 is 0 Å². The Hall–Kier alpha value is -1.33. The fourth-order valence-electron chi connectivity index (χ4n) is 3.60. The normalized spacial score (nSPS) is 32.1. The zero-order valence-electron chi connectivity index (χ0n) is 11.3. The molecule has 0 bridgehead atoms. The highest BCUT2D eigenvalue weighted by atomic mass is 16.2. The highest BCUT2D eigenvalue weighted by Crippen LogP contribution is 2.60. The van der Waals surface area contributed by atoms with E-state index in [0.29, 0.717) is 5.92 Å². The van der Waals surface area contributed by atoms with Gasteiger partial charge in [0.25, 0.3) is 0 Å². The number of benzene rings is 1. The fraction of sp³-hybridized carbons (Fsp3) is 0.500. The molecule has 3 rings (SSSR count). The second-order valence-corrected chi connectivity index (χ2v) is 5.75. The van der Waals surface area contributed by atoms with Crippen molar-refractivity contribution in [2.45, 2.75) is 31.7 Å². The summed E-state index contributed by atoms with van der Waals surface area (Å²) in [5, 5.41) is 13.0. The van der Waals surface area contributed by atoms with Crippen molar-refractivity contribution >= 4 is 13.0 Å². The van der Waals surface area contributed by atoms with Gasteiger partial charge in [0.2, 0.25) is 5.91 Å². The molecule has 1 aliphatic carbocycles. The lowest BCUT2D eigenvalue weighted by atomic mass is 9.83. The number of likely N-dealkylation sites (tertiary alicyclic amines) is 1. The maximum absolute atomic E-state index is 11.9. The molecule has 1 amide bonds. The van der Waals surface area contributed by atoms with E-state index in [2.05, 4.69) is 17.4 Å². The number of nitrogens with zero attached hydrogens (tertiary/aromatic N) is 1. The van der Waals surface area contributed by atoms with Crippen molar-refractivity contribution in [3.8, 4) is 0 Å². The average Bonchev–Trinajstić information content (AvgIpc) is 2.93. The van der Waals surface area contributed by atoms with Crippen LogP contribution in [0, 0.1) is 5.92 Å². The summed E-state index contributed by atoms with van der Waals surface area (Å²) in [6.07, 6.45) is 1.03. The van der Waals surface area contributed by atoms with E-state index in [1.165, 1.54) is 0 Å². The average molecular weight is 258 g/mol. The molecule has 1 heterocycles. The fourth-order valence-corrected chi connectivity index (χ4v) is 3.60. The quantitative estimate of drug-likeness (QED) is 0.797. The summed E-state index contributed by atoms with van der Waals surface area (Å²) in [6.45, 7) is 4.15. The Morgan fingerprint density at radius 2 is 2.16 bits per heavy atom. The van der Waals surface area contributed by atoms with Gasteiger partial charge in [-0.3, -0.25) is 4.79 Å². The van der Waals surface area contributed by atoms with Gasteiger partial charge < -0.3 is 15.2 Å². The first-order chi connectivity index (χ1) is 9.04. The Morgan fingerprint density at radius 3 is 2.74 bits per heavy atom. The van der Waals surface area contributed by atoms with Gasteiger partial charge in [0.1, 0.15) is 0 Å². The minimum Gasteiger partial charge on any atom is -0.437 e. The lowest BCUT2D eigenvalue weighted by Crippen LogP contribution is -2.48. The van der Waals surface area contributed by atoms with Crippen LogP contribution in [-0.4, -0.2) is 35.0 Å². The van der Waals surface area contributed by atoms with Crippen LogP contribution < -0.4 is 5.23 Å². The lowest BCUT2D eigenvalue weighted by molar-refractivity contribution is -0.130. The molecule has 0 aromatic heterocycles. The summed E-state index contributed by atoms with van der Waals surface area (Å²) < 4.78 is 0. The Labute approximate surface area is 113 Å². The van der Waals surface area contributed by atoms with Gasteiger partial charge in [-0.25, -0.2) is 0 Å². The summed E-state index contributed by atoms with van der Waals surface area (Å²) in [5.74, 6) is 0.559. The summed E-state index contributed by atoms with van der Waals surface area (Å²) in [6, 6.07) is 10.1. The van der Waals surface area contributed by atoms with E-state index < -0.39 is 7.05 Å². The van der Waals surface area contributed by atoms with Crippen molar-refractivity contribution in [1.82, 2.24) is 10.1 Å². The van der Waals surface area contributed by atoms with Gasteiger partial charge in [-0.15, -0.1) is 0 Å². The minimum absolute atomic E-state index is 0.0331. The zero-order valence-corrected chi connectivity index (χ0v) is 11.3. The van der Waals surface area contributed by atoms with E-state index in [1.54, 1.807) is 13.7 Å². The second kappa shape index (κ2) is 4.35. The van der Waals surface area contributed by atoms with Crippen molar-refractivity contribution in [3.63, 3.8) is 0 Å². The third-order valence-electron chi connectivity index (χ3n) is 4.37. The maximum Gasteiger partial charge on any atom is 0.374 e. The number of carbonyl (C=O) groups excluding carboxylic acids is 1. The molecule has 2 N–H and O–H groups in total. The number of piperidine rings is 1. The largest absolute Gasteiger partial charge is 0.437 e. The van der Waals surface area contributed by atoms with Gasteiger partial charge >= 0.3 is 7.05 Å². The maximum atomic E-state index is 11.9. The Bertz CT molecular complexity index is 493. The molecule has 3 unspecified atom stereocenters. The third-order valence-corrected chi connectivity index (χ3v) is 4.37. The molecule has 4 nitrogen and oxygen atoms in total. The van der Waals surface area contributed by atoms with E-state index in [4.69, 9.17) is 0 Å². The highest BCUT2D eigenvalue weighted by Gasteiger charge is 2.67. The third kappa shape index (κ3) is 1.97. The van der Waals surface area contributed by atoms with E-state index in [0.717, 1.165) is 18.5 Å². The monoisotopic (exact) mass is 258 g/mol. The van der Waals surface area contributed by atoms with Crippen molar-refractivity contribution in [1.29, 1.82) is 0 Å². The molecule has 2 fully saturated rings. The van der Waals surface area contributed by atoms with Gasteiger partial charge in [-0.05, 0) is 24.7 Å². The number of hydrogen-bond acceptors (Lipinski definition) is 3. The van der Waals surface area contributed by atoms with Gasteiger partial charge in [-0.1, -0.05) is 30.3 Å². The molecule has 1 aromatic rings. The van der Waals surface area contributed by atoms with Gasteiger partial charge in [0.05, 0.1) is 6.04 Å². The summed E-state index contributed by atoms with van der Waals surface area (Å²) >= 11 is 0. The van der Waals surface area contributed by atoms with E-state index >= 15 is 0 Å². The number of carbonyl (C=O) groups is 1. The highest BCUT2D eigenvalue weighted by molar-refractivity contribution is 6.45. The summed E-state index contributed by atoms with van der Waals surface area (Å²) in [5.41, 5.74) is 1.01. The lowest BCUT2D eigenvalue weighted by Gasteiger charge is -2.33. The van der Waals surface area contributed by atoms with E-state index in [-0.39, 0.29) is 17.5 Å². The van der Waals surface area contributed by atoms with Crippen LogP contribution in [0.2, 0.25) is 6.82 Å². The van der Waals surface area contributed by atoms with Crippen LogP contribution in [0.5, 0.6) is 0 Å². The van der Waals surface area contributed by atoms with Gasteiger partial charge in [-0.2, -0.15) is 0 Å². The van der Waals surface area contributed by atoms with E-state index in [9.17, 15) is 9.82 Å². The molecule has 1 saturated heterocycles. The zero-order chi connectivity index (χ0) is 13.6. The number of hydrogen-bond donors (Lipinski definition) is 2. The summed E-state index contributed by atoms with van der Waals surface area (Å²) in [7, 11) is -0.553. The molecular weight excluding hydrogens is 239 g/mol. The summed E-state index contributed by atoms with van der Waals surface area (Å²) in [4.78, 5) is 13.8. The molecule has 1 aromatic carbocycles. The molecule has 1 aliphatic heterocycles. The molecule has 100 valence electrons. The van der Waals surface area contributed by atoms with E-state index in [1.807, 2.05) is 23.1 Å². The van der Waals surface area contributed by atoms with Crippen molar-refractivity contribution in [2.75, 3.05) is 6.54 Å². The van der Waals surface area contributed by atoms with Crippen LogP contribution in [-0.2, 0) is 4.79 Å². The second-order valence-electron chi connectivity index (χ2n) is 5.75. The first-order valence-corrected chi connectivity index (χ1v) is 6.82. The van der Waals surface area contributed by atoms with Crippen molar-refractivity contribution < 1.29 is 9.82 Å². The Kier molecular flexibility index (Phi) is 2.91. The predicted octanol–water partition coefficient (Wildman–Crippen LogP) is 1.05. The first-order valence-electron chi connectivity index (χ1n) is 6.82. The number of rotatable bonds is 3. The topological polar surface area (TPSA) is 52.6 Å². The van der Waals surface area contributed by atoms with Crippen LogP contribution in [0.15, 0.2) is 30.3 Å². The van der Waals surface area contributed by atoms with Crippen LogP contribution in [0.4, 0.5) is 0 Å². The SMILES string of the molecule is CB(O)NC12CC1CN(C(C)=O)C2c1ccccc1. The minimum atomic E-state index is -0.553. The standard InChI is InChI=1S/C14H19BN2O2/c1-10(18)17-9-12-8-14(12,16-15(2)19)13(17)11-6-4-3-5-7-11/h3-7,12-13,16,19H,8-9H2,1-2H3. The Morgan fingerprint density at radius 1 is 1.47 bits per heavy atom. The van der Waals surface area contributed by atoms with Gasteiger partial charge in [0, 0.05) is 19.0 Å². The molecule has 1 saturated carbocycles. The predicted molar refractivity (Wildman–Crippen MR) is 74.4 cm³/mol. The molecule has 2 aliphatic rings. The molecule has 19 heavy (non-hydrogen) atoms. The first kappa shape index (κ1) is 12.7. The number of amides is 1. The molecular formula is C14H19BN2O2. The Balaban J connectivity index is 1.97. The van der Waals surface area contributed by atoms with Crippen LogP contribution in [0.25, 0.3) is 0 Å².